The molecule has 4 aliphatic rings. The number of aryl methyl sites for hydroxylation is 2. The van der Waals surface area contributed by atoms with Gasteiger partial charge in [-0.05, 0) is 117 Å². The molecule has 0 aliphatic carbocycles. The molecule has 0 aromatic heterocycles. The second-order valence-corrected chi connectivity index (χ2v) is 30.8. The Kier molecular flexibility index (Phi) is 36.2. The number of rotatable bonds is 33. The second-order valence-electron chi connectivity index (χ2n) is 29.5. The van der Waals surface area contributed by atoms with Crippen molar-refractivity contribution < 1.29 is 96.1 Å². The molecule has 2 saturated heterocycles. The molecule has 0 radical (unpaired) electrons. The lowest BCUT2D eigenvalue weighted by atomic mass is 9.93. The highest BCUT2D eigenvalue weighted by Gasteiger charge is 2.41. The molecule has 2 fully saturated rings. The van der Waals surface area contributed by atoms with Crippen LogP contribution in [0.5, 0.6) is 17.2 Å². The zero-order valence-electron chi connectivity index (χ0n) is 69.4. The molecule has 35 nitrogen and oxygen atoms in total. The predicted octanol–water partition coefficient (Wildman–Crippen LogP) is 3.22. The van der Waals surface area contributed by atoms with Gasteiger partial charge in [0, 0.05) is 119 Å². The van der Waals surface area contributed by atoms with Crippen molar-refractivity contribution in [2.24, 2.45) is 5.73 Å². The van der Waals surface area contributed by atoms with Crippen molar-refractivity contribution in [3.8, 4) is 17.2 Å². The predicted molar refractivity (Wildman–Crippen MR) is 459 cm³/mol. The van der Waals surface area contributed by atoms with Crippen molar-refractivity contribution in [2.75, 3.05) is 185 Å². The summed E-state index contributed by atoms with van der Waals surface area (Å²) in [6.45, 7) is 13.0. The van der Waals surface area contributed by atoms with Crippen LogP contribution in [0.15, 0.2) is 115 Å². The highest BCUT2D eigenvalue weighted by Crippen LogP contribution is 2.37. The van der Waals surface area contributed by atoms with E-state index >= 15 is 0 Å². The number of hydrogen-bond donors (Lipinski definition) is 13. The minimum Gasteiger partial charge on any atom is -0.490 e. The van der Waals surface area contributed by atoms with Gasteiger partial charge in [-0.15, -0.1) is 0 Å². The van der Waals surface area contributed by atoms with E-state index in [0.717, 1.165) is 61.1 Å². The normalized spacial score (nSPS) is 19.4. The first-order valence-corrected chi connectivity index (χ1v) is 42.2. The van der Waals surface area contributed by atoms with E-state index in [1.165, 1.54) is 0 Å². The summed E-state index contributed by atoms with van der Waals surface area (Å²) in [6.07, 6.45) is -2.50. The number of carboxylic acids is 1. The Labute approximate surface area is 713 Å². The van der Waals surface area contributed by atoms with Gasteiger partial charge in [0.2, 0.25) is 41.4 Å². The summed E-state index contributed by atoms with van der Waals surface area (Å²) >= 11 is 0.934. The van der Waals surface area contributed by atoms with Crippen LogP contribution in [0.25, 0.3) is 10.8 Å². The van der Waals surface area contributed by atoms with Crippen LogP contribution in [0, 0.1) is 19.3 Å². The van der Waals surface area contributed by atoms with Crippen LogP contribution < -0.4 is 77.6 Å². The van der Waals surface area contributed by atoms with E-state index < -0.39 is 108 Å². The number of carboxylic acid groups (broad SMARTS) is 1. The van der Waals surface area contributed by atoms with Gasteiger partial charge in [-0.2, -0.15) is 11.8 Å². The maximum atomic E-state index is 14.4. The SMILES string of the molecule is CCOCCOCCN1CCOCCOCCNc2ccc(C)cc2OCCN(c2ccc(CCNc3ccc4c5c(cccc35)C(=O)N(CCNC(=O)CCN3C(=O)CC(SCC5NC(=O)C(Cc6ccccc6)NC(=O)C(CC(=O)O)NC(=O)CNC(=O)C(CCCNC(=N)N)NC5=O)C3O)C4=O)cc2OCCOC)CCOc2cc(C)ccc21. The highest BCUT2D eigenvalue weighted by molar-refractivity contribution is 8.00. The molecule has 4 aliphatic heterocycles. The third-order valence-corrected chi connectivity index (χ3v) is 22.0. The van der Waals surface area contributed by atoms with Crippen molar-refractivity contribution in [1.82, 2.24) is 47.0 Å². The Balaban J connectivity index is 0.765. The number of amides is 9. The van der Waals surface area contributed by atoms with E-state index in [2.05, 4.69) is 88.0 Å². The number of guanidine groups is 1. The van der Waals surface area contributed by atoms with Gasteiger partial charge in [0.25, 0.3) is 11.8 Å². The molecule has 0 spiro atoms. The Morgan fingerprint density at radius 3 is 2.11 bits per heavy atom. The fourth-order valence-electron chi connectivity index (χ4n) is 14.4. The van der Waals surface area contributed by atoms with E-state index in [-0.39, 0.29) is 76.6 Å². The number of aliphatic hydroxyl groups excluding tert-OH is 1. The third kappa shape index (κ3) is 27.5. The summed E-state index contributed by atoms with van der Waals surface area (Å²) in [5.74, 6) is -6.97. The molecule has 6 aromatic rings. The lowest BCUT2D eigenvalue weighted by molar-refractivity contribution is -0.141. The first-order chi connectivity index (χ1) is 59.0. The average molecular weight is 1710 g/mol. The van der Waals surface area contributed by atoms with Crippen LogP contribution in [0.4, 0.5) is 22.7 Å². The molecular formula is C86H113N15O20S. The fraction of sp³-hybridized carbons (Fsp3) is 0.477. The number of nitrogens with zero attached hydrogens (tertiary/aromatic N) is 4. The lowest BCUT2D eigenvalue weighted by Gasteiger charge is -2.29. The van der Waals surface area contributed by atoms with Gasteiger partial charge in [-0.1, -0.05) is 60.7 Å². The Bertz CT molecular complexity index is 4570. The number of imide groups is 1. The van der Waals surface area contributed by atoms with E-state index in [4.69, 9.17) is 49.0 Å². The number of carbonyl (C=O) groups is 10. The molecule has 0 bridgehead atoms. The molecule has 10 rings (SSSR count). The molecule has 14 N–H and O–H groups in total. The zero-order chi connectivity index (χ0) is 86.9. The smallest absolute Gasteiger partial charge is 0.305 e. The van der Waals surface area contributed by atoms with Crippen molar-refractivity contribution in [2.45, 2.75) is 101 Å². The van der Waals surface area contributed by atoms with Crippen LogP contribution in [-0.2, 0) is 74.9 Å². The molecule has 36 heteroatoms. The number of carbonyl (C=O) groups excluding carboxylic acids is 9. The van der Waals surface area contributed by atoms with Gasteiger partial charge in [-0.25, -0.2) is 0 Å². The van der Waals surface area contributed by atoms with Gasteiger partial charge in [0.1, 0.15) is 67.5 Å². The Morgan fingerprint density at radius 2 is 1.35 bits per heavy atom. The lowest BCUT2D eigenvalue weighted by Crippen LogP contribution is -2.59. The molecule has 6 aromatic carbocycles. The Morgan fingerprint density at radius 1 is 0.648 bits per heavy atom. The molecule has 122 heavy (non-hydrogen) atoms. The van der Waals surface area contributed by atoms with Crippen molar-refractivity contribution in [1.29, 1.82) is 5.41 Å². The number of benzene rings is 6. The number of anilines is 4. The minimum atomic E-state index is -1.70. The monoisotopic (exact) mass is 1710 g/mol. The third-order valence-electron chi connectivity index (χ3n) is 20.7. The number of likely N-dealkylation sites (tertiary alicyclic amines) is 1. The topological polar surface area (TPSA) is 456 Å². The van der Waals surface area contributed by atoms with Gasteiger partial charge < -0.3 is 116 Å². The maximum Gasteiger partial charge on any atom is 0.305 e. The number of methoxy groups -OCH3 is 1. The zero-order valence-corrected chi connectivity index (χ0v) is 70.2. The minimum absolute atomic E-state index is 0.0750. The van der Waals surface area contributed by atoms with E-state index in [1.807, 2.05) is 51.1 Å². The van der Waals surface area contributed by atoms with E-state index in [9.17, 15) is 58.2 Å². The summed E-state index contributed by atoms with van der Waals surface area (Å²) in [4.78, 5) is 144. The summed E-state index contributed by atoms with van der Waals surface area (Å²) in [5.41, 5.74) is 12.9. The quantitative estimate of drug-likeness (QED) is 0.0122. The summed E-state index contributed by atoms with van der Waals surface area (Å²) in [5, 5.41) is 53.9. The van der Waals surface area contributed by atoms with E-state index in [0.29, 0.717) is 163 Å². The number of hydrogen-bond acceptors (Lipinski definition) is 25. The molecular weight excluding hydrogens is 1600 g/mol. The maximum absolute atomic E-state index is 14.4. The summed E-state index contributed by atoms with van der Waals surface area (Å²) in [7, 11) is 1.62. The standard InChI is InChI=1S/C86H113N15O20S/c1-5-115-42-43-117-37-32-98-33-38-118-45-44-116-36-29-90-63-20-16-55(2)47-70(63)119-39-34-99(35-40-120-71-48-56(3)17-22-68(71)98)69-23-18-58(50-72(69)121-46-41-114-4)24-27-89-62-21-19-61-78-59(62)13-9-14-60(78)83(111)101(84(61)112)31-28-91-74(102)25-30-100-76(104)52-73(85(100)113)122-54-67-82(110)95-64(15-10-26-92-86(87)88)79(107)93-53-75(103)94-66(51-77(105)106)81(109)96-65(80(108)97-67)49-57-11-7-6-8-12-57/h6-9,11-14,16-23,47-48,50,64-67,73,85,89-90,113H,5,10,15,24-46,49,51-54H2,1-4H3,(H,91,102)(H,93,107)(H,94,103)(H,95,110)(H,96,109)(H,97,108)(H,105,106)(H4,87,88,92). The number of aliphatic hydroxyl groups is 1. The van der Waals surface area contributed by atoms with Gasteiger partial charge in [-0.3, -0.25) is 58.3 Å². The van der Waals surface area contributed by atoms with Crippen molar-refractivity contribution in [3.63, 3.8) is 0 Å². The van der Waals surface area contributed by atoms with Crippen LogP contribution in [0.3, 0.4) is 0 Å². The van der Waals surface area contributed by atoms with Crippen molar-refractivity contribution in [3.05, 3.63) is 149 Å². The molecule has 0 saturated carbocycles. The number of ether oxygens (including phenoxy) is 8. The molecule has 4 heterocycles. The molecule has 6 unspecified atom stereocenters. The molecule has 6 atom stereocenters. The van der Waals surface area contributed by atoms with Crippen LogP contribution in [-0.4, -0.2) is 285 Å². The Hall–Kier alpha value is -11.5. The average Bonchev–Trinajstić information content (AvgIpc) is 1.02. The molecule has 658 valence electrons. The first-order valence-electron chi connectivity index (χ1n) is 41.2. The largest absolute Gasteiger partial charge is 0.490 e. The van der Waals surface area contributed by atoms with Crippen LogP contribution in [0.1, 0.15) is 82.0 Å². The number of aliphatic carboxylic acids is 1. The second kappa shape index (κ2) is 47.6. The summed E-state index contributed by atoms with van der Waals surface area (Å²) in [6, 6.07) is 29.5. The summed E-state index contributed by atoms with van der Waals surface area (Å²) < 4.78 is 49.0. The number of nitrogens with one attached hydrogen (secondary N) is 10. The molecule has 9 amide bonds. The number of nitrogens with two attached hydrogens (primary N) is 1. The van der Waals surface area contributed by atoms with Crippen molar-refractivity contribution >= 4 is 110 Å². The van der Waals surface area contributed by atoms with Gasteiger partial charge >= 0.3 is 5.97 Å². The first kappa shape index (κ1) is 92.7. The number of fused-ring (bicyclic) bond motifs is 2. The highest BCUT2D eigenvalue weighted by atomic mass is 32.2. The van der Waals surface area contributed by atoms with Crippen LogP contribution >= 0.6 is 11.8 Å². The van der Waals surface area contributed by atoms with Gasteiger partial charge in [0.05, 0.1) is 101 Å². The van der Waals surface area contributed by atoms with Crippen LogP contribution in [0.2, 0.25) is 0 Å². The van der Waals surface area contributed by atoms with E-state index in [1.54, 1.807) is 61.7 Å². The number of thioether (sulfide) groups is 1. The van der Waals surface area contributed by atoms with Gasteiger partial charge in [0.15, 0.2) is 5.96 Å². The fourth-order valence-corrected chi connectivity index (χ4v) is 15.6.